The van der Waals surface area contributed by atoms with Gasteiger partial charge >= 0.3 is 0 Å². The third-order valence-electron chi connectivity index (χ3n) is 6.94. The number of hydrogen-bond acceptors (Lipinski definition) is 9. The first-order valence-corrected chi connectivity index (χ1v) is 11.7. The summed E-state index contributed by atoms with van der Waals surface area (Å²) in [6.07, 6.45) is -0.140. The Bertz CT molecular complexity index is 1580. The van der Waals surface area contributed by atoms with Gasteiger partial charge in [-0.25, -0.2) is 4.98 Å². The third kappa shape index (κ3) is 3.62. The molecule has 11 heteroatoms. The van der Waals surface area contributed by atoms with Crippen LogP contribution in [-0.2, 0) is 21.5 Å². The number of hydrogen-bond donors (Lipinski definition) is 2. The maximum absolute atomic E-state index is 13.2. The number of benzene rings is 1. The summed E-state index contributed by atoms with van der Waals surface area (Å²) < 4.78 is 16.5. The van der Waals surface area contributed by atoms with E-state index in [4.69, 9.17) is 13.7 Å². The molecule has 1 aromatic carbocycles. The molecule has 188 valence electrons. The molecular formula is C26H23N5O6. The zero-order valence-corrected chi connectivity index (χ0v) is 20.4. The minimum absolute atomic E-state index is 0.0234. The first-order valence-electron chi connectivity index (χ1n) is 11.7. The summed E-state index contributed by atoms with van der Waals surface area (Å²) in [6, 6.07) is 10.4. The molecule has 0 bridgehead atoms. The van der Waals surface area contributed by atoms with E-state index in [0.29, 0.717) is 46.2 Å². The molecule has 11 nitrogen and oxygen atoms in total. The van der Waals surface area contributed by atoms with Crippen LogP contribution < -0.4 is 15.4 Å². The second kappa shape index (κ2) is 8.19. The van der Waals surface area contributed by atoms with Crippen molar-refractivity contribution >= 4 is 40.3 Å². The predicted octanol–water partition coefficient (Wildman–Crippen LogP) is 3.13. The number of anilines is 2. The van der Waals surface area contributed by atoms with Crippen LogP contribution in [0.25, 0.3) is 11.1 Å². The minimum Gasteiger partial charge on any atom is -0.497 e. The molecule has 3 aromatic heterocycles. The summed E-state index contributed by atoms with van der Waals surface area (Å²) in [5.74, 6) is 0.837. The van der Waals surface area contributed by atoms with E-state index in [0.717, 1.165) is 11.3 Å². The fourth-order valence-corrected chi connectivity index (χ4v) is 4.99. The first kappa shape index (κ1) is 22.8. The van der Waals surface area contributed by atoms with E-state index in [2.05, 4.69) is 20.8 Å². The van der Waals surface area contributed by atoms with Crippen molar-refractivity contribution in [1.29, 1.82) is 0 Å². The lowest BCUT2D eigenvalue weighted by molar-refractivity contribution is -0.127. The van der Waals surface area contributed by atoms with Crippen molar-refractivity contribution < 1.29 is 28.1 Å². The molecule has 0 aliphatic carbocycles. The highest BCUT2D eigenvalue weighted by Crippen LogP contribution is 2.39. The van der Waals surface area contributed by atoms with Gasteiger partial charge in [0.25, 0.3) is 5.91 Å². The molecule has 0 saturated carbocycles. The van der Waals surface area contributed by atoms with Gasteiger partial charge < -0.3 is 23.9 Å². The maximum Gasteiger partial charge on any atom is 0.254 e. The molecule has 1 atom stereocenters. The van der Waals surface area contributed by atoms with Crippen LogP contribution in [0.15, 0.2) is 45.3 Å². The zero-order valence-electron chi connectivity index (χ0n) is 20.4. The molecule has 4 aromatic rings. The Morgan fingerprint density at radius 1 is 1.16 bits per heavy atom. The van der Waals surface area contributed by atoms with Gasteiger partial charge in [-0.15, -0.1) is 0 Å². The van der Waals surface area contributed by atoms with E-state index >= 15 is 0 Å². The number of carbonyl (C=O) groups excluding carboxylic acids is 3. The molecular weight excluding hydrogens is 478 g/mol. The van der Waals surface area contributed by atoms with E-state index in [1.807, 2.05) is 13.0 Å². The number of methoxy groups -OCH3 is 1. The first-order chi connectivity index (χ1) is 17.8. The number of aryl methyl sites for hydroxylation is 2. The largest absolute Gasteiger partial charge is 0.497 e. The fourth-order valence-electron chi connectivity index (χ4n) is 4.99. The predicted molar refractivity (Wildman–Crippen MR) is 130 cm³/mol. The van der Waals surface area contributed by atoms with Crippen molar-refractivity contribution in [3.63, 3.8) is 0 Å². The third-order valence-corrected chi connectivity index (χ3v) is 6.94. The maximum atomic E-state index is 13.2. The number of furan rings is 1. The van der Waals surface area contributed by atoms with Gasteiger partial charge in [0.05, 0.1) is 13.5 Å². The van der Waals surface area contributed by atoms with Crippen LogP contribution in [-0.4, -0.2) is 46.4 Å². The molecule has 1 saturated heterocycles. The number of amides is 3. The molecule has 6 rings (SSSR count). The second-order valence-electron chi connectivity index (χ2n) is 9.34. The van der Waals surface area contributed by atoms with Crippen molar-refractivity contribution in [1.82, 2.24) is 20.4 Å². The van der Waals surface area contributed by atoms with Crippen molar-refractivity contribution in [2.75, 3.05) is 19.0 Å². The summed E-state index contributed by atoms with van der Waals surface area (Å²) in [4.78, 5) is 45.0. The molecule has 0 spiro atoms. The van der Waals surface area contributed by atoms with Crippen molar-refractivity contribution in [2.24, 2.45) is 0 Å². The van der Waals surface area contributed by atoms with Crippen LogP contribution in [0.2, 0.25) is 0 Å². The summed E-state index contributed by atoms with van der Waals surface area (Å²) >= 11 is 0. The lowest BCUT2D eigenvalue weighted by atomic mass is 9.82. The van der Waals surface area contributed by atoms with Gasteiger partial charge in [-0.1, -0.05) is 11.2 Å². The van der Waals surface area contributed by atoms with Gasteiger partial charge in [0.1, 0.15) is 39.6 Å². The Kier molecular flexibility index (Phi) is 5.04. The smallest absolute Gasteiger partial charge is 0.254 e. The number of nitrogens with one attached hydrogen (secondary N) is 2. The minimum atomic E-state index is -1.38. The standard InChI is InChI=1S/C26H23N5O6/c1-13-23(14(2)37-30-13)28-21-7-6-19-18(27-21)9-20(36-19)26(10-22(32)29-25(26)34)12-31-11-15-4-5-16(35-3)8-17(15)24(31)33/h4-9H,10-12H2,1-3H3,(H,27,28)(H,29,32,34)/t26-/m1/s1. The number of ether oxygens (including phenoxy) is 1. The molecule has 5 heterocycles. The van der Waals surface area contributed by atoms with E-state index in [1.165, 1.54) is 7.11 Å². The van der Waals surface area contributed by atoms with Gasteiger partial charge in [-0.05, 0) is 43.7 Å². The zero-order chi connectivity index (χ0) is 25.9. The monoisotopic (exact) mass is 501 g/mol. The molecule has 2 N–H and O–H groups in total. The van der Waals surface area contributed by atoms with E-state index < -0.39 is 17.2 Å². The van der Waals surface area contributed by atoms with Gasteiger partial charge in [0.2, 0.25) is 11.8 Å². The number of nitrogens with zero attached hydrogens (tertiary/aromatic N) is 3. The molecule has 2 aliphatic heterocycles. The average Bonchev–Trinajstić information content (AvgIpc) is 3.61. The van der Waals surface area contributed by atoms with Crippen LogP contribution >= 0.6 is 0 Å². The molecule has 37 heavy (non-hydrogen) atoms. The Balaban J connectivity index is 1.35. The number of fused-ring (bicyclic) bond motifs is 2. The molecule has 2 aliphatic rings. The summed E-state index contributed by atoms with van der Waals surface area (Å²) in [5, 5.41) is 9.52. The van der Waals surface area contributed by atoms with Gasteiger partial charge in [0, 0.05) is 24.7 Å². The number of aromatic nitrogens is 2. The van der Waals surface area contributed by atoms with Crippen LogP contribution in [0.4, 0.5) is 11.5 Å². The van der Waals surface area contributed by atoms with Crippen molar-refractivity contribution in [2.45, 2.75) is 32.2 Å². The van der Waals surface area contributed by atoms with Crippen LogP contribution in [0, 0.1) is 13.8 Å². The summed E-state index contributed by atoms with van der Waals surface area (Å²) in [6.45, 7) is 3.90. The number of imide groups is 1. The Hall–Kier alpha value is -4.67. The van der Waals surface area contributed by atoms with E-state index in [1.54, 1.807) is 42.2 Å². The number of rotatable bonds is 6. The molecule has 0 unspecified atom stereocenters. The van der Waals surface area contributed by atoms with Gasteiger partial charge in [-0.3, -0.25) is 19.7 Å². The molecule has 0 radical (unpaired) electrons. The summed E-state index contributed by atoms with van der Waals surface area (Å²) in [5.41, 5.74) is 2.32. The highest BCUT2D eigenvalue weighted by Gasteiger charge is 2.53. The van der Waals surface area contributed by atoms with Gasteiger partial charge in [0.15, 0.2) is 11.3 Å². The van der Waals surface area contributed by atoms with E-state index in [9.17, 15) is 14.4 Å². The average molecular weight is 501 g/mol. The van der Waals surface area contributed by atoms with Crippen LogP contribution in [0.3, 0.4) is 0 Å². The van der Waals surface area contributed by atoms with Crippen molar-refractivity contribution in [3.05, 3.63) is 64.7 Å². The number of pyridine rings is 1. The quantitative estimate of drug-likeness (QED) is 0.381. The Morgan fingerprint density at radius 2 is 2.00 bits per heavy atom. The number of carbonyl (C=O) groups is 3. The highest BCUT2D eigenvalue weighted by molar-refractivity contribution is 6.10. The Morgan fingerprint density at radius 3 is 2.70 bits per heavy atom. The van der Waals surface area contributed by atoms with Crippen LogP contribution in [0.1, 0.15) is 39.6 Å². The second-order valence-corrected chi connectivity index (χ2v) is 9.34. The van der Waals surface area contributed by atoms with Gasteiger partial charge in [-0.2, -0.15) is 0 Å². The SMILES string of the molecule is COc1ccc2c(c1)C(=O)N(C[C@@]1(c3cc4nc(Nc5c(C)noc5C)ccc4o3)CC(=O)NC1=O)C2. The van der Waals surface area contributed by atoms with Crippen molar-refractivity contribution in [3.8, 4) is 5.75 Å². The van der Waals surface area contributed by atoms with E-state index in [-0.39, 0.29) is 24.6 Å². The normalized spacial score (nSPS) is 19.0. The highest BCUT2D eigenvalue weighted by atomic mass is 16.5. The molecule has 3 amide bonds. The summed E-state index contributed by atoms with van der Waals surface area (Å²) in [7, 11) is 1.54. The lowest BCUT2D eigenvalue weighted by Gasteiger charge is -2.28. The fraction of sp³-hybridized carbons (Fsp3) is 0.269. The van der Waals surface area contributed by atoms with Crippen LogP contribution in [0.5, 0.6) is 5.75 Å². The topological polar surface area (TPSA) is 140 Å². The molecule has 1 fully saturated rings. The lowest BCUT2D eigenvalue weighted by Crippen LogP contribution is -2.46. The Labute approximate surface area is 210 Å².